The minimum atomic E-state index is 0.809. The third kappa shape index (κ3) is 5.04. The molecule has 54 heavy (non-hydrogen) atoms. The van der Waals surface area contributed by atoms with E-state index in [0.29, 0.717) is 0 Å². The standard InChI is InChI=1S/C48H28N6/c1-2-6-29(7-3-1)39-20-18-32-12-13-33-19-23-42(54-47(33)46(32)53-39)41-22-17-31-11-15-35(28-44(31)52-41)34-14-10-30-16-21-40(51-43(30)27-34)38-26-36-8-4-24-49-45(36)48-37(38)9-5-25-50-48/h1-28H. The number of pyridine rings is 6. The molecule has 0 bridgehead atoms. The summed E-state index contributed by atoms with van der Waals surface area (Å²) in [6.45, 7) is 0. The molecule has 250 valence electrons. The van der Waals surface area contributed by atoms with Gasteiger partial charge in [-0.1, -0.05) is 103 Å². The number of aromatic nitrogens is 6. The molecule has 0 radical (unpaired) electrons. The molecule has 0 N–H and O–H groups in total. The number of nitrogens with zero attached hydrogens (tertiary/aromatic N) is 6. The molecule has 6 heterocycles. The van der Waals surface area contributed by atoms with Gasteiger partial charge in [0.25, 0.3) is 0 Å². The summed E-state index contributed by atoms with van der Waals surface area (Å²) in [5, 5.41) is 6.32. The molecule has 0 spiro atoms. The first-order chi connectivity index (χ1) is 26.7. The molecule has 6 heteroatoms. The van der Waals surface area contributed by atoms with Crippen molar-refractivity contribution in [2.24, 2.45) is 0 Å². The molecule has 0 saturated heterocycles. The van der Waals surface area contributed by atoms with Gasteiger partial charge in [0.2, 0.25) is 0 Å². The molecule has 0 aliphatic heterocycles. The van der Waals surface area contributed by atoms with Crippen molar-refractivity contribution in [3.05, 3.63) is 170 Å². The summed E-state index contributed by atoms with van der Waals surface area (Å²) in [5.41, 5.74) is 13.1. The molecule has 0 unspecified atom stereocenters. The number of hydrogen-bond donors (Lipinski definition) is 0. The van der Waals surface area contributed by atoms with E-state index in [4.69, 9.17) is 24.9 Å². The summed E-state index contributed by atoms with van der Waals surface area (Å²) in [6, 6.07) is 54.4. The molecule has 11 aromatic rings. The third-order valence-corrected chi connectivity index (χ3v) is 10.3. The molecular weight excluding hydrogens is 661 g/mol. The largest absolute Gasteiger partial charge is 0.254 e. The fourth-order valence-corrected chi connectivity index (χ4v) is 7.55. The van der Waals surface area contributed by atoms with Gasteiger partial charge in [0.1, 0.15) is 0 Å². The van der Waals surface area contributed by atoms with Gasteiger partial charge in [0, 0.05) is 55.8 Å². The van der Waals surface area contributed by atoms with Crippen LogP contribution in [-0.2, 0) is 0 Å². The lowest BCUT2D eigenvalue weighted by Crippen LogP contribution is -1.93. The Morgan fingerprint density at radius 3 is 1.56 bits per heavy atom. The molecule has 0 aliphatic carbocycles. The van der Waals surface area contributed by atoms with Crippen LogP contribution < -0.4 is 0 Å². The van der Waals surface area contributed by atoms with E-state index in [1.165, 1.54) is 0 Å². The summed E-state index contributed by atoms with van der Waals surface area (Å²) in [4.78, 5) is 29.9. The molecule has 5 aromatic carbocycles. The zero-order valence-corrected chi connectivity index (χ0v) is 28.8. The van der Waals surface area contributed by atoms with E-state index in [2.05, 4.69) is 120 Å². The Balaban J connectivity index is 0.984. The Kier molecular flexibility index (Phi) is 6.75. The van der Waals surface area contributed by atoms with Gasteiger partial charge in [0.05, 0.1) is 55.9 Å². The molecule has 6 aromatic heterocycles. The second kappa shape index (κ2) is 12.1. The molecule has 0 atom stereocenters. The highest BCUT2D eigenvalue weighted by molar-refractivity contribution is 6.10. The number of hydrogen-bond acceptors (Lipinski definition) is 6. The highest BCUT2D eigenvalue weighted by atomic mass is 14.8. The Morgan fingerprint density at radius 2 is 0.833 bits per heavy atom. The Bertz CT molecular complexity index is 3290. The zero-order valence-electron chi connectivity index (χ0n) is 28.8. The van der Waals surface area contributed by atoms with Gasteiger partial charge in [-0.3, -0.25) is 9.97 Å². The van der Waals surface area contributed by atoms with Crippen molar-refractivity contribution >= 4 is 65.4 Å². The van der Waals surface area contributed by atoms with E-state index in [1.807, 2.05) is 54.9 Å². The summed E-state index contributed by atoms with van der Waals surface area (Å²) < 4.78 is 0. The van der Waals surface area contributed by atoms with E-state index in [-0.39, 0.29) is 0 Å². The number of benzene rings is 5. The highest BCUT2D eigenvalue weighted by Gasteiger charge is 2.14. The molecule has 0 amide bonds. The molecule has 0 saturated carbocycles. The van der Waals surface area contributed by atoms with Crippen LogP contribution in [0, 0.1) is 0 Å². The van der Waals surface area contributed by atoms with Crippen molar-refractivity contribution in [1.29, 1.82) is 0 Å². The zero-order chi connectivity index (χ0) is 35.6. The van der Waals surface area contributed by atoms with E-state index in [9.17, 15) is 0 Å². The van der Waals surface area contributed by atoms with Gasteiger partial charge in [-0.15, -0.1) is 0 Å². The number of fused-ring (bicyclic) bond motifs is 8. The van der Waals surface area contributed by atoms with Crippen molar-refractivity contribution in [3.8, 4) is 45.0 Å². The van der Waals surface area contributed by atoms with E-state index < -0.39 is 0 Å². The van der Waals surface area contributed by atoms with Crippen LogP contribution in [0.1, 0.15) is 0 Å². The minimum absolute atomic E-state index is 0.809. The van der Waals surface area contributed by atoms with E-state index in [0.717, 1.165) is 110 Å². The highest BCUT2D eigenvalue weighted by Crippen LogP contribution is 2.35. The maximum absolute atomic E-state index is 5.20. The lowest BCUT2D eigenvalue weighted by atomic mass is 9.99. The first kappa shape index (κ1) is 30.2. The first-order valence-electron chi connectivity index (χ1n) is 17.9. The lowest BCUT2D eigenvalue weighted by molar-refractivity contribution is 1.31. The van der Waals surface area contributed by atoms with Crippen LogP contribution in [-0.4, -0.2) is 29.9 Å². The topological polar surface area (TPSA) is 77.3 Å². The molecule has 11 rings (SSSR count). The molecule has 6 nitrogen and oxygen atoms in total. The smallest absolute Gasteiger partial charge is 0.0973 e. The van der Waals surface area contributed by atoms with Crippen LogP contribution in [0.3, 0.4) is 0 Å². The first-order valence-corrected chi connectivity index (χ1v) is 17.9. The average Bonchev–Trinajstić information content (AvgIpc) is 3.25. The van der Waals surface area contributed by atoms with Gasteiger partial charge in [0.15, 0.2) is 0 Å². The van der Waals surface area contributed by atoms with Crippen molar-refractivity contribution in [2.45, 2.75) is 0 Å². The van der Waals surface area contributed by atoms with Gasteiger partial charge >= 0.3 is 0 Å². The predicted molar refractivity (Wildman–Crippen MR) is 220 cm³/mol. The van der Waals surface area contributed by atoms with Crippen molar-refractivity contribution in [1.82, 2.24) is 29.9 Å². The molecule has 0 aliphatic rings. The van der Waals surface area contributed by atoms with Crippen molar-refractivity contribution in [2.75, 3.05) is 0 Å². The van der Waals surface area contributed by atoms with Crippen molar-refractivity contribution < 1.29 is 0 Å². The number of rotatable bonds is 4. The Labute approximate surface area is 309 Å². The lowest BCUT2D eigenvalue weighted by Gasteiger charge is -2.11. The van der Waals surface area contributed by atoms with E-state index in [1.54, 1.807) is 0 Å². The second-order valence-corrected chi connectivity index (χ2v) is 13.6. The Morgan fingerprint density at radius 1 is 0.296 bits per heavy atom. The fraction of sp³-hybridized carbons (Fsp3) is 0. The summed E-state index contributed by atoms with van der Waals surface area (Å²) in [7, 11) is 0. The SMILES string of the molecule is c1ccc(-c2ccc3ccc4ccc(-c5ccc6ccc(-c7ccc8ccc(-c9cc%10cccnc%10c%10ncccc9%10)nc8c7)cc6n5)nc4c3n2)cc1. The third-order valence-electron chi connectivity index (χ3n) is 10.3. The maximum atomic E-state index is 5.20. The molecular formula is C48H28N6. The van der Waals surface area contributed by atoms with Crippen LogP contribution in [0.25, 0.3) is 110 Å². The maximum Gasteiger partial charge on any atom is 0.0973 e. The van der Waals surface area contributed by atoms with Gasteiger partial charge in [-0.05, 0) is 65.7 Å². The van der Waals surface area contributed by atoms with Crippen LogP contribution in [0.2, 0.25) is 0 Å². The fourth-order valence-electron chi connectivity index (χ4n) is 7.55. The summed E-state index contributed by atoms with van der Waals surface area (Å²) in [6.07, 6.45) is 3.64. The van der Waals surface area contributed by atoms with Crippen LogP contribution in [0.5, 0.6) is 0 Å². The van der Waals surface area contributed by atoms with Gasteiger partial charge in [-0.25, -0.2) is 19.9 Å². The summed E-state index contributed by atoms with van der Waals surface area (Å²) >= 11 is 0. The average molecular weight is 689 g/mol. The predicted octanol–water partition coefficient (Wildman–Crippen LogP) is 11.6. The van der Waals surface area contributed by atoms with Gasteiger partial charge < -0.3 is 0 Å². The quantitative estimate of drug-likeness (QED) is 0.171. The monoisotopic (exact) mass is 688 g/mol. The van der Waals surface area contributed by atoms with Crippen LogP contribution in [0.4, 0.5) is 0 Å². The van der Waals surface area contributed by atoms with Gasteiger partial charge in [-0.2, -0.15) is 0 Å². The second-order valence-electron chi connectivity index (χ2n) is 13.6. The summed E-state index contributed by atoms with van der Waals surface area (Å²) in [5.74, 6) is 0. The Hall–Kier alpha value is -7.44. The molecule has 0 fully saturated rings. The van der Waals surface area contributed by atoms with E-state index >= 15 is 0 Å². The van der Waals surface area contributed by atoms with Crippen LogP contribution in [0.15, 0.2) is 170 Å². The normalized spacial score (nSPS) is 11.7. The minimum Gasteiger partial charge on any atom is -0.254 e. The van der Waals surface area contributed by atoms with Crippen LogP contribution >= 0.6 is 0 Å². The van der Waals surface area contributed by atoms with Crippen molar-refractivity contribution in [3.63, 3.8) is 0 Å².